The lowest BCUT2D eigenvalue weighted by Crippen LogP contribution is -1.98. The van der Waals surface area contributed by atoms with Gasteiger partial charge in [0.05, 0.1) is 22.2 Å². The van der Waals surface area contributed by atoms with E-state index < -0.39 is 0 Å². The van der Waals surface area contributed by atoms with Crippen LogP contribution >= 0.6 is 27.5 Å². The predicted molar refractivity (Wildman–Crippen MR) is 55.7 cm³/mol. The number of halogens is 2. The summed E-state index contributed by atoms with van der Waals surface area (Å²) < 4.78 is 5.68. The van der Waals surface area contributed by atoms with Gasteiger partial charge in [0.1, 0.15) is 5.75 Å². The van der Waals surface area contributed by atoms with Gasteiger partial charge in [-0.1, -0.05) is 11.6 Å². The first-order valence-corrected chi connectivity index (χ1v) is 4.78. The summed E-state index contributed by atoms with van der Waals surface area (Å²) in [5.41, 5.74) is 0.527. The van der Waals surface area contributed by atoms with Gasteiger partial charge in [-0.2, -0.15) is 0 Å². The molecule has 13 heavy (non-hydrogen) atoms. The van der Waals surface area contributed by atoms with Crippen LogP contribution in [-0.2, 0) is 0 Å². The van der Waals surface area contributed by atoms with Gasteiger partial charge in [0.25, 0.3) is 0 Å². The van der Waals surface area contributed by atoms with Gasteiger partial charge in [-0.15, -0.1) is 0 Å². The first-order chi connectivity index (χ1) is 6.07. The van der Waals surface area contributed by atoms with Crippen LogP contribution in [0, 0.1) is 0 Å². The molecule has 0 aliphatic heterocycles. The Morgan fingerprint density at radius 2 is 2.15 bits per heavy atom. The van der Waals surface area contributed by atoms with Crippen LogP contribution in [0.25, 0.3) is 0 Å². The van der Waals surface area contributed by atoms with Crippen molar-refractivity contribution in [3.8, 4) is 5.75 Å². The van der Waals surface area contributed by atoms with Crippen molar-refractivity contribution in [2.75, 3.05) is 7.11 Å². The third-order valence-corrected chi connectivity index (χ3v) is 2.96. The Kier molecular flexibility index (Phi) is 3.33. The second-order valence-electron chi connectivity index (χ2n) is 2.50. The number of hydrogen-bond donors (Lipinski definition) is 0. The summed E-state index contributed by atoms with van der Waals surface area (Å²) in [5, 5.41) is 0.529. The average Bonchev–Trinajstić information content (AvgIpc) is 2.09. The number of rotatable bonds is 2. The molecule has 0 N–H and O–H groups in total. The van der Waals surface area contributed by atoms with Gasteiger partial charge >= 0.3 is 0 Å². The Morgan fingerprint density at radius 1 is 1.54 bits per heavy atom. The van der Waals surface area contributed by atoms with E-state index in [2.05, 4.69) is 15.9 Å². The van der Waals surface area contributed by atoms with Crippen LogP contribution in [0.3, 0.4) is 0 Å². The predicted octanol–water partition coefficient (Wildman–Crippen LogP) is 3.31. The van der Waals surface area contributed by atoms with E-state index in [0.717, 1.165) is 0 Å². The van der Waals surface area contributed by atoms with Crippen molar-refractivity contribution >= 4 is 33.3 Å². The molecule has 0 aliphatic carbocycles. The van der Waals surface area contributed by atoms with Crippen molar-refractivity contribution in [1.82, 2.24) is 0 Å². The van der Waals surface area contributed by atoms with Crippen LogP contribution in [0.2, 0.25) is 5.02 Å². The molecule has 0 radical (unpaired) electrons. The van der Waals surface area contributed by atoms with Crippen LogP contribution in [0.15, 0.2) is 16.6 Å². The van der Waals surface area contributed by atoms with Gasteiger partial charge in [0.15, 0.2) is 5.78 Å². The van der Waals surface area contributed by atoms with Gasteiger partial charge < -0.3 is 4.74 Å². The second kappa shape index (κ2) is 4.11. The average molecular weight is 264 g/mol. The van der Waals surface area contributed by atoms with E-state index in [4.69, 9.17) is 16.3 Å². The molecule has 0 unspecified atom stereocenters. The maximum atomic E-state index is 11.1. The molecule has 1 aromatic rings. The molecule has 70 valence electrons. The fraction of sp³-hybridized carbons (Fsp3) is 0.222. The number of carbonyl (C=O) groups excluding carboxylic acids is 1. The SMILES string of the molecule is COc1c(C(C)=O)ccc(Cl)c1Br. The zero-order chi connectivity index (χ0) is 10.0. The van der Waals surface area contributed by atoms with Crippen molar-refractivity contribution in [2.24, 2.45) is 0 Å². The highest BCUT2D eigenvalue weighted by Crippen LogP contribution is 2.35. The molecule has 0 atom stereocenters. The largest absolute Gasteiger partial charge is 0.495 e. The maximum absolute atomic E-state index is 11.1. The molecule has 0 saturated heterocycles. The van der Waals surface area contributed by atoms with Crippen LogP contribution in [0.4, 0.5) is 0 Å². The third kappa shape index (κ3) is 2.03. The van der Waals surface area contributed by atoms with E-state index in [0.29, 0.717) is 20.8 Å². The molecule has 2 nitrogen and oxygen atoms in total. The summed E-state index contributed by atoms with van der Waals surface area (Å²) in [5.74, 6) is 0.439. The Morgan fingerprint density at radius 3 is 2.62 bits per heavy atom. The molecular formula is C9H8BrClO2. The Bertz CT molecular complexity index is 350. The molecule has 4 heteroatoms. The third-order valence-electron chi connectivity index (χ3n) is 1.63. The Hall–Kier alpha value is -0.540. The molecule has 0 bridgehead atoms. The molecule has 0 amide bonds. The molecule has 0 heterocycles. The number of Topliss-reactive ketones (excluding diaryl/α,β-unsaturated/α-hetero) is 1. The lowest BCUT2D eigenvalue weighted by molar-refractivity contribution is 0.101. The number of benzene rings is 1. The zero-order valence-corrected chi connectivity index (χ0v) is 9.57. The summed E-state index contributed by atoms with van der Waals surface area (Å²) in [7, 11) is 1.50. The maximum Gasteiger partial charge on any atom is 0.163 e. The molecule has 0 aliphatic rings. The first-order valence-electron chi connectivity index (χ1n) is 3.61. The lowest BCUT2D eigenvalue weighted by atomic mass is 10.1. The van der Waals surface area contributed by atoms with Crippen molar-refractivity contribution in [2.45, 2.75) is 6.92 Å². The first kappa shape index (κ1) is 10.5. The number of ether oxygens (including phenoxy) is 1. The van der Waals surface area contributed by atoms with E-state index in [9.17, 15) is 4.79 Å². The topological polar surface area (TPSA) is 26.3 Å². The number of hydrogen-bond acceptors (Lipinski definition) is 2. The van der Waals surface area contributed by atoms with Crippen molar-refractivity contribution in [1.29, 1.82) is 0 Å². The van der Waals surface area contributed by atoms with E-state index in [1.54, 1.807) is 12.1 Å². The number of methoxy groups -OCH3 is 1. The minimum absolute atomic E-state index is 0.0470. The van der Waals surface area contributed by atoms with E-state index in [1.165, 1.54) is 14.0 Å². The van der Waals surface area contributed by atoms with E-state index in [1.807, 2.05) is 0 Å². The monoisotopic (exact) mass is 262 g/mol. The van der Waals surface area contributed by atoms with Crippen LogP contribution in [0.5, 0.6) is 5.75 Å². The zero-order valence-electron chi connectivity index (χ0n) is 7.23. The van der Waals surface area contributed by atoms with Crippen molar-refractivity contribution in [3.05, 3.63) is 27.2 Å². The van der Waals surface area contributed by atoms with Crippen LogP contribution in [-0.4, -0.2) is 12.9 Å². The van der Waals surface area contributed by atoms with Gasteiger partial charge in [0, 0.05) is 0 Å². The molecule has 1 aromatic carbocycles. The summed E-state index contributed by atoms with van der Waals surface area (Å²) in [6, 6.07) is 3.30. The number of ketones is 1. The van der Waals surface area contributed by atoms with Gasteiger partial charge in [-0.3, -0.25) is 4.79 Å². The highest BCUT2D eigenvalue weighted by molar-refractivity contribution is 9.10. The van der Waals surface area contributed by atoms with Crippen molar-refractivity contribution < 1.29 is 9.53 Å². The van der Waals surface area contributed by atoms with Gasteiger partial charge in [-0.25, -0.2) is 0 Å². The van der Waals surface area contributed by atoms with E-state index in [-0.39, 0.29) is 5.78 Å². The minimum atomic E-state index is -0.0470. The Balaban J connectivity index is 3.38. The van der Waals surface area contributed by atoms with Gasteiger partial charge in [-0.05, 0) is 35.0 Å². The standard InChI is InChI=1S/C9H8BrClO2/c1-5(12)6-3-4-7(11)8(10)9(6)13-2/h3-4H,1-2H3. The highest BCUT2D eigenvalue weighted by atomic mass is 79.9. The summed E-state index contributed by atoms with van der Waals surface area (Å²) >= 11 is 9.08. The summed E-state index contributed by atoms with van der Waals surface area (Å²) in [4.78, 5) is 11.1. The molecule has 0 aromatic heterocycles. The fourth-order valence-electron chi connectivity index (χ4n) is 1.01. The van der Waals surface area contributed by atoms with E-state index >= 15 is 0 Å². The molecule has 1 rings (SSSR count). The quantitative estimate of drug-likeness (QED) is 0.765. The molecular weight excluding hydrogens is 255 g/mol. The Labute approximate surface area is 90.0 Å². The lowest BCUT2D eigenvalue weighted by Gasteiger charge is -2.08. The second-order valence-corrected chi connectivity index (χ2v) is 3.70. The molecule has 0 spiro atoms. The van der Waals surface area contributed by atoms with Crippen molar-refractivity contribution in [3.63, 3.8) is 0 Å². The summed E-state index contributed by atoms with van der Waals surface area (Å²) in [6.45, 7) is 1.48. The fourth-order valence-corrected chi connectivity index (χ4v) is 1.67. The smallest absolute Gasteiger partial charge is 0.163 e. The van der Waals surface area contributed by atoms with Crippen LogP contribution in [0.1, 0.15) is 17.3 Å². The van der Waals surface area contributed by atoms with Crippen LogP contribution < -0.4 is 4.74 Å². The summed E-state index contributed by atoms with van der Waals surface area (Å²) in [6.07, 6.45) is 0. The minimum Gasteiger partial charge on any atom is -0.495 e. The molecule has 0 saturated carbocycles. The van der Waals surface area contributed by atoms with Gasteiger partial charge in [0.2, 0.25) is 0 Å². The number of carbonyl (C=O) groups is 1. The molecule has 0 fully saturated rings. The highest BCUT2D eigenvalue weighted by Gasteiger charge is 2.13. The normalized spacial score (nSPS) is 9.85.